The van der Waals surface area contributed by atoms with Crippen molar-refractivity contribution in [3.8, 4) is 5.75 Å². The molecule has 1 fully saturated rings. The number of para-hydroxylation sites is 1. The number of hydrogen-bond donors (Lipinski definition) is 1. The van der Waals surface area contributed by atoms with Gasteiger partial charge in [0.25, 0.3) is 0 Å². The van der Waals surface area contributed by atoms with Gasteiger partial charge < -0.3 is 14.8 Å². The third-order valence-corrected chi connectivity index (χ3v) is 3.43. The molecule has 0 atom stereocenters. The molecule has 1 aliphatic rings. The number of methoxy groups -OCH3 is 1. The van der Waals surface area contributed by atoms with Crippen molar-refractivity contribution in [2.45, 2.75) is 25.4 Å². The Balaban J connectivity index is 1.83. The molecule has 1 aromatic heterocycles. The zero-order valence-corrected chi connectivity index (χ0v) is 11.8. The van der Waals surface area contributed by atoms with E-state index >= 15 is 0 Å². The Morgan fingerprint density at radius 3 is 2.90 bits per heavy atom. The van der Waals surface area contributed by atoms with Crippen molar-refractivity contribution in [2.24, 2.45) is 0 Å². The molecule has 2 aromatic rings. The topological polar surface area (TPSA) is 43.4 Å². The Hall–Kier alpha value is -1.65. The van der Waals surface area contributed by atoms with Crippen molar-refractivity contribution in [1.82, 2.24) is 10.3 Å². The largest absolute Gasteiger partial charge is 0.490 e. The number of nitrogens with one attached hydrogen (secondary N) is 1. The summed E-state index contributed by atoms with van der Waals surface area (Å²) >= 11 is 0. The van der Waals surface area contributed by atoms with Crippen LogP contribution in [0.3, 0.4) is 0 Å². The number of rotatable bonds is 7. The van der Waals surface area contributed by atoms with Crippen LogP contribution in [-0.2, 0) is 11.3 Å². The van der Waals surface area contributed by atoms with Crippen LogP contribution in [0.25, 0.3) is 10.9 Å². The smallest absolute Gasteiger partial charge is 0.130 e. The molecule has 0 spiro atoms. The Morgan fingerprint density at radius 2 is 2.10 bits per heavy atom. The average molecular weight is 272 g/mol. The maximum absolute atomic E-state index is 5.83. The van der Waals surface area contributed by atoms with Crippen molar-refractivity contribution >= 4 is 10.9 Å². The highest BCUT2D eigenvalue weighted by atomic mass is 16.5. The van der Waals surface area contributed by atoms with E-state index in [1.807, 2.05) is 30.3 Å². The Bertz CT molecular complexity index is 582. The summed E-state index contributed by atoms with van der Waals surface area (Å²) in [4.78, 5) is 4.69. The Labute approximate surface area is 119 Å². The number of pyridine rings is 1. The Kier molecular flexibility index (Phi) is 4.14. The number of fused-ring (bicyclic) bond motifs is 1. The number of nitrogens with zero attached hydrogens (tertiary/aromatic N) is 1. The van der Waals surface area contributed by atoms with Crippen molar-refractivity contribution in [3.05, 3.63) is 36.0 Å². The fourth-order valence-corrected chi connectivity index (χ4v) is 2.18. The normalized spacial score (nSPS) is 14.7. The first-order valence-corrected chi connectivity index (χ1v) is 7.10. The van der Waals surface area contributed by atoms with E-state index in [1.165, 1.54) is 12.8 Å². The molecule has 1 aliphatic carbocycles. The summed E-state index contributed by atoms with van der Waals surface area (Å²) in [7, 11) is 1.68. The summed E-state index contributed by atoms with van der Waals surface area (Å²) in [5, 5.41) is 4.54. The van der Waals surface area contributed by atoms with Crippen LogP contribution >= 0.6 is 0 Å². The average Bonchev–Trinajstić information content (AvgIpc) is 3.29. The summed E-state index contributed by atoms with van der Waals surface area (Å²) in [5.41, 5.74) is 2.01. The minimum atomic E-state index is 0.556. The van der Waals surface area contributed by atoms with Gasteiger partial charge in [0.1, 0.15) is 12.4 Å². The fourth-order valence-electron chi connectivity index (χ4n) is 2.18. The molecule has 0 bridgehead atoms. The van der Waals surface area contributed by atoms with Crippen molar-refractivity contribution < 1.29 is 9.47 Å². The second-order valence-electron chi connectivity index (χ2n) is 5.13. The van der Waals surface area contributed by atoms with Gasteiger partial charge in [0.05, 0.1) is 17.8 Å². The third-order valence-electron chi connectivity index (χ3n) is 3.43. The third kappa shape index (κ3) is 3.26. The van der Waals surface area contributed by atoms with Gasteiger partial charge in [0.2, 0.25) is 0 Å². The van der Waals surface area contributed by atoms with Gasteiger partial charge in [-0.05, 0) is 25.0 Å². The highest BCUT2D eigenvalue weighted by Gasteiger charge is 2.20. The van der Waals surface area contributed by atoms with Crippen LogP contribution in [0.2, 0.25) is 0 Å². The zero-order chi connectivity index (χ0) is 13.8. The SMILES string of the molecule is COCCOc1cc(CNC2CC2)nc2ccccc12. The van der Waals surface area contributed by atoms with E-state index in [2.05, 4.69) is 5.32 Å². The van der Waals surface area contributed by atoms with E-state index in [4.69, 9.17) is 14.5 Å². The van der Waals surface area contributed by atoms with E-state index in [-0.39, 0.29) is 0 Å². The lowest BCUT2D eigenvalue weighted by Crippen LogP contribution is -2.16. The molecule has 20 heavy (non-hydrogen) atoms. The molecule has 4 nitrogen and oxygen atoms in total. The standard InChI is InChI=1S/C16H20N2O2/c1-19-8-9-20-16-10-13(11-17-12-6-7-12)18-15-5-3-2-4-14(15)16/h2-5,10,12,17H,6-9,11H2,1H3. The first kappa shape index (κ1) is 13.3. The molecule has 0 amide bonds. The van der Waals surface area contributed by atoms with Gasteiger partial charge in [-0.15, -0.1) is 0 Å². The highest BCUT2D eigenvalue weighted by Crippen LogP contribution is 2.26. The molecule has 1 aromatic carbocycles. The molecule has 0 aliphatic heterocycles. The molecule has 1 N–H and O–H groups in total. The lowest BCUT2D eigenvalue weighted by Gasteiger charge is -2.11. The van der Waals surface area contributed by atoms with Gasteiger partial charge in [-0.2, -0.15) is 0 Å². The molecule has 1 saturated carbocycles. The fraction of sp³-hybridized carbons (Fsp3) is 0.438. The van der Waals surface area contributed by atoms with Gasteiger partial charge in [-0.25, -0.2) is 0 Å². The Morgan fingerprint density at radius 1 is 1.25 bits per heavy atom. The summed E-state index contributed by atoms with van der Waals surface area (Å²) in [6.07, 6.45) is 2.57. The van der Waals surface area contributed by atoms with Crippen molar-refractivity contribution in [1.29, 1.82) is 0 Å². The summed E-state index contributed by atoms with van der Waals surface area (Å²) in [6, 6.07) is 10.8. The number of aromatic nitrogens is 1. The van der Waals surface area contributed by atoms with E-state index < -0.39 is 0 Å². The molecule has 106 valence electrons. The van der Waals surface area contributed by atoms with Crippen LogP contribution < -0.4 is 10.1 Å². The van der Waals surface area contributed by atoms with Crippen LogP contribution in [0.1, 0.15) is 18.5 Å². The molecular weight excluding hydrogens is 252 g/mol. The first-order chi connectivity index (χ1) is 9.86. The summed E-state index contributed by atoms with van der Waals surface area (Å²) < 4.78 is 10.9. The monoisotopic (exact) mass is 272 g/mol. The van der Waals surface area contributed by atoms with Crippen LogP contribution in [0.5, 0.6) is 5.75 Å². The van der Waals surface area contributed by atoms with Gasteiger partial charge in [0.15, 0.2) is 0 Å². The van der Waals surface area contributed by atoms with Crippen molar-refractivity contribution in [3.63, 3.8) is 0 Å². The van der Waals surface area contributed by atoms with Gasteiger partial charge in [0, 0.05) is 31.1 Å². The molecule has 3 rings (SSSR count). The van der Waals surface area contributed by atoms with Gasteiger partial charge in [-0.1, -0.05) is 12.1 Å². The minimum Gasteiger partial charge on any atom is -0.490 e. The van der Waals surface area contributed by atoms with Gasteiger partial charge in [-0.3, -0.25) is 4.98 Å². The van der Waals surface area contributed by atoms with E-state index in [9.17, 15) is 0 Å². The lowest BCUT2D eigenvalue weighted by molar-refractivity contribution is 0.147. The number of ether oxygens (including phenoxy) is 2. The molecule has 1 heterocycles. The molecule has 0 unspecified atom stereocenters. The van der Waals surface area contributed by atoms with Crippen LogP contribution in [0.15, 0.2) is 30.3 Å². The first-order valence-electron chi connectivity index (χ1n) is 7.10. The van der Waals surface area contributed by atoms with E-state index in [1.54, 1.807) is 7.11 Å². The zero-order valence-electron chi connectivity index (χ0n) is 11.8. The number of benzene rings is 1. The predicted molar refractivity (Wildman–Crippen MR) is 79.0 cm³/mol. The second-order valence-corrected chi connectivity index (χ2v) is 5.13. The molecular formula is C16H20N2O2. The minimum absolute atomic E-state index is 0.556. The van der Waals surface area contributed by atoms with Gasteiger partial charge >= 0.3 is 0 Å². The maximum Gasteiger partial charge on any atom is 0.130 e. The van der Waals surface area contributed by atoms with Crippen LogP contribution in [0, 0.1) is 0 Å². The molecule has 0 saturated heterocycles. The quantitative estimate of drug-likeness (QED) is 0.787. The second kappa shape index (κ2) is 6.20. The van der Waals surface area contributed by atoms with Crippen LogP contribution in [-0.4, -0.2) is 31.3 Å². The highest BCUT2D eigenvalue weighted by molar-refractivity contribution is 5.85. The summed E-state index contributed by atoms with van der Waals surface area (Å²) in [5.74, 6) is 0.889. The lowest BCUT2D eigenvalue weighted by atomic mass is 10.2. The summed E-state index contributed by atoms with van der Waals surface area (Å²) in [6.45, 7) is 1.95. The van der Waals surface area contributed by atoms with Crippen LogP contribution in [0.4, 0.5) is 0 Å². The van der Waals surface area contributed by atoms with E-state index in [0.717, 1.165) is 28.9 Å². The molecule has 4 heteroatoms. The molecule has 0 radical (unpaired) electrons. The maximum atomic E-state index is 5.83. The number of hydrogen-bond acceptors (Lipinski definition) is 4. The van der Waals surface area contributed by atoms with Crippen molar-refractivity contribution in [2.75, 3.05) is 20.3 Å². The predicted octanol–water partition coefficient (Wildman–Crippen LogP) is 2.51. The van der Waals surface area contributed by atoms with E-state index in [0.29, 0.717) is 19.3 Å².